The van der Waals surface area contributed by atoms with Crippen molar-refractivity contribution in [2.75, 3.05) is 7.05 Å². The summed E-state index contributed by atoms with van der Waals surface area (Å²) in [6.07, 6.45) is 5.50. The fourth-order valence-electron chi connectivity index (χ4n) is 3.02. The Morgan fingerprint density at radius 2 is 1.90 bits per heavy atom. The molecule has 0 unspecified atom stereocenters. The van der Waals surface area contributed by atoms with Crippen molar-refractivity contribution in [3.63, 3.8) is 0 Å². The monoisotopic (exact) mass is 442 g/mol. The maximum atomic E-state index is 13.4. The van der Waals surface area contributed by atoms with E-state index in [1.165, 1.54) is 33.5 Å². The van der Waals surface area contributed by atoms with Crippen LogP contribution in [0.2, 0.25) is 0 Å². The lowest BCUT2D eigenvalue weighted by Crippen LogP contribution is -2.33. The SMILES string of the molecule is Cc1ncccc1-c1cc(CN(C)C(=O)OC(C)(C)C)cn1S(=O)(=O)c1cccnc1. The molecule has 0 aromatic carbocycles. The van der Waals surface area contributed by atoms with Crippen LogP contribution in [0.25, 0.3) is 11.3 Å². The largest absolute Gasteiger partial charge is 0.444 e. The van der Waals surface area contributed by atoms with Gasteiger partial charge in [0, 0.05) is 43.1 Å². The van der Waals surface area contributed by atoms with Gasteiger partial charge in [0.05, 0.1) is 12.2 Å². The highest BCUT2D eigenvalue weighted by Crippen LogP contribution is 2.29. The van der Waals surface area contributed by atoms with Crippen LogP contribution in [0.5, 0.6) is 0 Å². The third-order valence-electron chi connectivity index (χ3n) is 4.44. The van der Waals surface area contributed by atoms with Gasteiger partial charge in [-0.25, -0.2) is 17.2 Å². The summed E-state index contributed by atoms with van der Waals surface area (Å²) >= 11 is 0. The highest BCUT2D eigenvalue weighted by atomic mass is 32.2. The lowest BCUT2D eigenvalue weighted by Gasteiger charge is -2.24. The van der Waals surface area contributed by atoms with Crippen molar-refractivity contribution in [2.24, 2.45) is 0 Å². The fraction of sp³-hybridized carbons (Fsp3) is 0.318. The molecule has 8 nitrogen and oxygen atoms in total. The van der Waals surface area contributed by atoms with Gasteiger partial charge in [0.1, 0.15) is 10.5 Å². The zero-order valence-electron chi connectivity index (χ0n) is 18.2. The highest BCUT2D eigenvalue weighted by molar-refractivity contribution is 7.90. The van der Waals surface area contributed by atoms with Gasteiger partial charge in [0.25, 0.3) is 10.0 Å². The molecule has 1 amide bonds. The Hall–Kier alpha value is -3.20. The molecule has 0 bridgehead atoms. The Labute approximate surface area is 182 Å². The molecule has 0 saturated carbocycles. The van der Waals surface area contributed by atoms with Gasteiger partial charge in [-0.3, -0.25) is 9.97 Å². The molecular formula is C22H26N4O4S. The Bertz CT molecular complexity index is 1180. The van der Waals surface area contributed by atoms with Crippen LogP contribution in [0.1, 0.15) is 32.0 Å². The van der Waals surface area contributed by atoms with Gasteiger partial charge in [0.2, 0.25) is 0 Å². The van der Waals surface area contributed by atoms with Crippen molar-refractivity contribution in [3.8, 4) is 11.3 Å². The van der Waals surface area contributed by atoms with Crippen LogP contribution in [-0.2, 0) is 21.3 Å². The molecule has 0 aliphatic heterocycles. The van der Waals surface area contributed by atoms with Crippen LogP contribution in [0.15, 0.2) is 60.0 Å². The standard InChI is InChI=1S/C22H26N4O4S/c1-16-19(9-7-11-24-16)20-12-17(14-25(5)21(27)30-22(2,3)4)15-26(20)31(28,29)18-8-6-10-23-13-18/h6-13,15H,14H2,1-5H3. The summed E-state index contributed by atoms with van der Waals surface area (Å²) < 4.78 is 33.3. The first-order valence-corrected chi connectivity index (χ1v) is 11.2. The average Bonchev–Trinajstić information content (AvgIpc) is 3.12. The number of hydrogen-bond acceptors (Lipinski definition) is 6. The van der Waals surface area contributed by atoms with Crippen LogP contribution >= 0.6 is 0 Å². The summed E-state index contributed by atoms with van der Waals surface area (Å²) in [7, 11) is -2.30. The van der Waals surface area contributed by atoms with Gasteiger partial charge in [-0.15, -0.1) is 0 Å². The molecule has 0 atom stereocenters. The lowest BCUT2D eigenvalue weighted by atomic mass is 10.1. The smallest absolute Gasteiger partial charge is 0.410 e. The molecule has 3 rings (SSSR count). The van der Waals surface area contributed by atoms with Gasteiger partial charge in [-0.1, -0.05) is 0 Å². The van der Waals surface area contributed by atoms with E-state index < -0.39 is 21.7 Å². The average molecular weight is 443 g/mol. The molecule has 0 aliphatic carbocycles. The van der Waals surface area contributed by atoms with Crippen molar-refractivity contribution in [1.29, 1.82) is 0 Å². The molecule has 31 heavy (non-hydrogen) atoms. The number of ether oxygens (including phenoxy) is 1. The molecule has 0 fully saturated rings. The number of rotatable bonds is 5. The lowest BCUT2D eigenvalue weighted by molar-refractivity contribution is 0.0285. The van der Waals surface area contributed by atoms with Crippen LogP contribution in [0.3, 0.4) is 0 Å². The zero-order valence-corrected chi connectivity index (χ0v) is 19.0. The second-order valence-corrected chi connectivity index (χ2v) is 10.0. The van der Waals surface area contributed by atoms with Gasteiger partial charge >= 0.3 is 6.09 Å². The minimum atomic E-state index is -3.91. The van der Waals surface area contributed by atoms with Gasteiger partial charge in [0.15, 0.2) is 0 Å². The Balaban J connectivity index is 2.05. The maximum Gasteiger partial charge on any atom is 0.410 e. The summed E-state index contributed by atoms with van der Waals surface area (Å²) in [4.78, 5) is 22.1. The molecule has 164 valence electrons. The first-order chi connectivity index (χ1) is 14.5. The van der Waals surface area contributed by atoms with E-state index in [1.54, 1.807) is 52.2 Å². The molecular weight excluding hydrogens is 416 g/mol. The highest BCUT2D eigenvalue weighted by Gasteiger charge is 2.25. The first-order valence-electron chi connectivity index (χ1n) is 9.72. The topological polar surface area (TPSA) is 94.4 Å². The van der Waals surface area contributed by atoms with E-state index in [-0.39, 0.29) is 11.4 Å². The molecule has 9 heteroatoms. The van der Waals surface area contributed by atoms with E-state index in [4.69, 9.17) is 4.74 Å². The normalized spacial score (nSPS) is 11.9. The van der Waals surface area contributed by atoms with Gasteiger partial charge < -0.3 is 9.64 Å². The minimum Gasteiger partial charge on any atom is -0.444 e. The van der Waals surface area contributed by atoms with Crippen molar-refractivity contribution < 1.29 is 17.9 Å². The van der Waals surface area contributed by atoms with E-state index in [9.17, 15) is 13.2 Å². The van der Waals surface area contributed by atoms with E-state index in [2.05, 4.69) is 9.97 Å². The number of aromatic nitrogens is 3. The van der Waals surface area contributed by atoms with E-state index >= 15 is 0 Å². The number of aryl methyl sites for hydroxylation is 1. The van der Waals surface area contributed by atoms with Crippen molar-refractivity contribution in [2.45, 2.75) is 44.7 Å². The Morgan fingerprint density at radius 1 is 1.19 bits per heavy atom. The third kappa shape index (κ3) is 5.11. The van der Waals surface area contributed by atoms with Crippen LogP contribution in [-0.4, -0.2) is 46.0 Å². The molecule has 0 aliphatic rings. The molecule has 0 saturated heterocycles. The molecule has 0 spiro atoms. The van der Waals surface area contributed by atoms with Crippen molar-refractivity contribution in [3.05, 3.63) is 66.4 Å². The maximum absolute atomic E-state index is 13.4. The van der Waals surface area contributed by atoms with Gasteiger partial charge in [-0.05, 0) is 63.6 Å². The van der Waals surface area contributed by atoms with Crippen LogP contribution in [0.4, 0.5) is 4.79 Å². The first kappa shape index (κ1) is 22.5. The summed E-state index contributed by atoms with van der Waals surface area (Å²) in [5, 5.41) is 0. The molecule has 0 N–H and O–H groups in total. The van der Waals surface area contributed by atoms with Crippen molar-refractivity contribution >= 4 is 16.1 Å². The van der Waals surface area contributed by atoms with Crippen LogP contribution < -0.4 is 0 Å². The number of nitrogens with zero attached hydrogens (tertiary/aromatic N) is 4. The van der Waals surface area contributed by atoms with Gasteiger partial charge in [-0.2, -0.15) is 0 Å². The number of pyridine rings is 2. The third-order valence-corrected chi connectivity index (χ3v) is 6.10. The quantitative estimate of drug-likeness (QED) is 0.596. The second-order valence-electron chi connectivity index (χ2n) is 8.20. The number of carbonyl (C=O) groups is 1. The zero-order chi connectivity index (χ0) is 22.8. The predicted octanol–water partition coefficient (Wildman–Crippen LogP) is 3.86. The second kappa shape index (κ2) is 8.50. The van der Waals surface area contributed by atoms with E-state index in [1.807, 2.05) is 13.0 Å². The van der Waals surface area contributed by atoms with Crippen molar-refractivity contribution in [1.82, 2.24) is 18.8 Å². The fourth-order valence-corrected chi connectivity index (χ4v) is 4.38. The Morgan fingerprint density at radius 3 is 2.52 bits per heavy atom. The van der Waals surface area contributed by atoms with E-state index in [0.717, 1.165) is 0 Å². The number of hydrogen-bond donors (Lipinski definition) is 0. The summed E-state index contributed by atoms with van der Waals surface area (Å²) in [5.74, 6) is 0. The molecule has 3 aromatic heterocycles. The number of carbonyl (C=O) groups excluding carboxylic acids is 1. The molecule has 0 radical (unpaired) electrons. The predicted molar refractivity (Wildman–Crippen MR) is 117 cm³/mol. The van der Waals surface area contributed by atoms with Crippen LogP contribution in [0, 0.1) is 6.92 Å². The summed E-state index contributed by atoms with van der Waals surface area (Å²) in [5.41, 5.74) is 1.84. The number of amides is 1. The Kier molecular flexibility index (Phi) is 6.17. The molecule has 3 heterocycles. The minimum absolute atomic E-state index is 0.0699. The summed E-state index contributed by atoms with van der Waals surface area (Å²) in [6, 6.07) is 8.38. The van der Waals surface area contributed by atoms with E-state index in [0.29, 0.717) is 22.5 Å². The summed E-state index contributed by atoms with van der Waals surface area (Å²) in [6.45, 7) is 7.36. The molecule has 3 aromatic rings.